The molecule has 0 atom stereocenters. The Morgan fingerprint density at radius 1 is 1.11 bits per heavy atom. The van der Waals surface area contributed by atoms with E-state index in [1.807, 2.05) is 6.07 Å². The van der Waals surface area contributed by atoms with Crippen LogP contribution in [0, 0.1) is 11.8 Å². The maximum Gasteiger partial charge on any atom is 0.133 e. The molecule has 19 heavy (non-hydrogen) atoms. The van der Waals surface area contributed by atoms with Crippen LogP contribution < -0.4 is 4.74 Å². The van der Waals surface area contributed by atoms with E-state index in [4.69, 9.17) is 4.74 Å². The summed E-state index contributed by atoms with van der Waals surface area (Å²) >= 11 is 3.56. The van der Waals surface area contributed by atoms with Crippen LogP contribution in [0.25, 0.3) is 0 Å². The van der Waals surface area contributed by atoms with Crippen LogP contribution in [0.3, 0.4) is 0 Å². The predicted molar refractivity (Wildman–Crippen MR) is 85.6 cm³/mol. The number of hydrogen-bond donors (Lipinski definition) is 0. The molecule has 0 aliphatic heterocycles. The van der Waals surface area contributed by atoms with E-state index in [1.54, 1.807) is 7.11 Å². The Morgan fingerprint density at radius 2 is 1.68 bits per heavy atom. The summed E-state index contributed by atoms with van der Waals surface area (Å²) in [5, 5.41) is 0. The second-order valence-electron chi connectivity index (χ2n) is 5.95. The molecule has 0 radical (unpaired) electrons. The lowest BCUT2D eigenvalue weighted by Crippen LogP contribution is -2.30. The number of hydrogen-bond acceptors (Lipinski definition) is 2. The average molecular weight is 328 g/mol. The molecule has 0 fully saturated rings. The van der Waals surface area contributed by atoms with Crippen molar-refractivity contribution in [2.75, 3.05) is 20.2 Å². The van der Waals surface area contributed by atoms with Gasteiger partial charge in [0.25, 0.3) is 0 Å². The van der Waals surface area contributed by atoms with Gasteiger partial charge in [-0.3, -0.25) is 4.90 Å². The Bertz CT molecular complexity index is 380. The molecule has 0 saturated carbocycles. The molecule has 0 amide bonds. The molecule has 1 rings (SSSR count). The SMILES string of the molecule is COc1ccc(CN(CC(C)C)CC(C)C)cc1Br. The van der Waals surface area contributed by atoms with Crippen molar-refractivity contribution in [2.45, 2.75) is 34.2 Å². The molecule has 0 unspecified atom stereocenters. The van der Waals surface area contributed by atoms with Crippen LogP contribution in [0.15, 0.2) is 22.7 Å². The predicted octanol–water partition coefficient (Wildman–Crippen LogP) is 4.57. The van der Waals surface area contributed by atoms with Gasteiger partial charge in [-0.05, 0) is 45.5 Å². The highest BCUT2D eigenvalue weighted by Crippen LogP contribution is 2.26. The zero-order valence-corrected chi connectivity index (χ0v) is 14.3. The van der Waals surface area contributed by atoms with E-state index in [2.05, 4.69) is 60.7 Å². The summed E-state index contributed by atoms with van der Waals surface area (Å²) < 4.78 is 6.30. The fourth-order valence-corrected chi connectivity index (χ4v) is 2.89. The number of halogens is 1. The van der Waals surface area contributed by atoms with Crippen molar-refractivity contribution in [3.05, 3.63) is 28.2 Å². The van der Waals surface area contributed by atoms with E-state index in [1.165, 1.54) is 5.56 Å². The monoisotopic (exact) mass is 327 g/mol. The molecule has 0 saturated heterocycles. The fourth-order valence-electron chi connectivity index (χ4n) is 2.30. The maximum absolute atomic E-state index is 5.27. The third-order valence-corrected chi connectivity index (χ3v) is 3.49. The first-order valence-corrected chi connectivity index (χ1v) is 7.76. The van der Waals surface area contributed by atoms with Gasteiger partial charge in [0.2, 0.25) is 0 Å². The van der Waals surface area contributed by atoms with Gasteiger partial charge >= 0.3 is 0 Å². The molecule has 0 aliphatic rings. The van der Waals surface area contributed by atoms with E-state index >= 15 is 0 Å². The van der Waals surface area contributed by atoms with Crippen molar-refractivity contribution in [3.8, 4) is 5.75 Å². The van der Waals surface area contributed by atoms with Crippen LogP contribution >= 0.6 is 15.9 Å². The second-order valence-corrected chi connectivity index (χ2v) is 6.81. The lowest BCUT2D eigenvalue weighted by Gasteiger charge is -2.26. The van der Waals surface area contributed by atoms with Crippen LogP contribution in [0.2, 0.25) is 0 Å². The van der Waals surface area contributed by atoms with Crippen molar-refractivity contribution in [1.82, 2.24) is 4.90 Å². The molecule has 108 valence electrons. The van der Waals surface area contributed by atoms with Gasteiger partial charge in [0.1, 0.15) is 5.75 Å². The third kappa shape index (κ3) is 5.96. The summed E-state index contributed by atoms with van der Waals surface area (Å²) in [5.74, 6) is 2.28. The minimum absolute atomic E-state index is 0.695. The number of benzene rings is 1. The minimum atomic E-state index is 0.695. The normalized spacial score (nSPS) is 11.6. The molecule has 0 bridgehead atoms. The Hall–Kier alpha value is -0.540. The van der Waals surface area contributed by atoms with Crippen LogP contribution in [0.1, 0.15) is 33.3 Å². The molecule has 0 aliphatic carbocycles. The standard InChI is InChI=1S/C16H26BrNO/c1-12(2)9-18(10-13(3)4)11-14-6-7-16(19-5)15(17)8-14/h6-8,12-13H,9-11H2,1-5H3. The van der Waals surface area contributed by atoms with Gasteiger partial charge in [0.15, 0.2) is 0 Å². The van der Waals surface area contributed by atoms with Gasteiger partial charge in [-0.25, -0.2) is 0 Å². The van der Waals surface area contributed by atoms with Crippen LogP contribution in [0.4, 0.5) is 0 Å². The Balaban J connectivity index is 2.74. The smallest absolute Gasteiger partial charge is 0.133 e. The lowest BCUT2D eigenvalue weighted by atomic mass is 10.1. The van der Waals surface area contributed by atoms with E-state index in [0.717, 1.165) is 29.9 Å². The lowest BCUT2D eigenvalue weighted by molar-refractivity contribution is 0.211. The largest absolute Gasteiger partial charge is 0.496 e. The molecule has 0 heterocycles. The van der Waals surface area contributed by atoms with Crippen molar-refractivity contribution in [3.63, 3.8) is 0 Å². The molecule has 0 spiro atoms. The van der Waals surface area contributed by atoms with Crippen LogP contribution in [-0.4, -0.2) is 25.1 Å². The number of ether oxygens (including phenoxy) is 1. The fraction of sp³-hybridized carbons (Fsp3) is 0.625. The number of methoxy groups -OCH3 is 1. The van der Waals surface area contributed by atoms with E-state index in [0.29, 0.717) is 11.8 Å². The Morgan fingerprint density at radius 3 is 2.11 bits per heavy atom. The second kappa shape index (κ2) is 7.91. The van der Waals surface area contributed by atoms with E-state index in [9.17, 15) is 0 Å². The van der Waals surface area contributed by atoms with Gasteiger partial charge in [-0.15, -0.1) is 0 Å². The zero-order valence-electron chi connectivity index (χ0n) is 12.7. The highest BCUT2D eigenvalue weighted by molar-refractivity contribution is 9.10. The van der Waals surface area contributed by atoms with Crippen LogP contribution in [0.5, 0.6) is 5.75 Å². The molecular formula is C16H26BrNO. The van der Waals surface area contributed by atoms with Gasteiger partial charge < -0.3 is 4.74 Å². The molecule has 0 N–H and O–H groups in total. The summed E-state index contributed by atoms with van der Waals surface area (Å²) in [5.41, 5.74) is 1.33. The number of rotatable bonds is 7. The van der Waals surface area contributed by atoms with E-state index in [-0.39, 0.29) is 0 Å². The van der Waals surface area contributed by atoms with Gasteiger partial charge in [0.05, 0.1) is 11.6 Å². The van der Waals surface area contributed by atoms with Crippen LogP contribution in [-0.2, 0) is 6.54 Å². The van der Waals surface area contributed by atoms with Crippen molar-refractivity contribution < 1.29 is 4.74 Å². The summed E-state index contributed by atoms with van der Waals surface area (Å²) in [4.78, 5) is 2.53. The molecular weight excluding hydrogens is 302 g/mol. The Labute approximate surface area is 126 Å². The molecule has 1 aromatic rings. The van der Waals surface area contributed by atoms with Crippen molar-refractivity contribution in [1.29, 1.82) is 0 Å². The van der Waals surface area contributed by atoms with Gasteiger partial charge in [-0.1, -0.05) is 33.8 Å². The number of nitrogens with zero attached hydrogens (tertiary/aromatic N) is 1. The quantitative estimate of drug-likeness (QED) is 0.727. The van der Waals surface area contributed by atoms with Gasteiger partial charge in [-0.2, -0.15) is 0 Å². The van der Waals surface area contributed by atoms with Crippen molar-refractivity contribution >= 4 is 15.9 Å². The van der Waals surface area contributed by atoms with E-state index < -0.39 is 0 Å². The summed E-state index contributed by atoms with van der Waals surface area (Å²) in [6.07, 6.45) is 0. The summed E-state index contributed by atoms with van der Waals surface area (Å²) in [6.45, 7) is 12.4. The van der Waals surface area contributed by atoms with Crippen molar-refractivity contribution in [2.24, 2.45) is 11.8 Å². The molecule has 0 aromatic heterocycles. The summed E-state index contributed by atoms with van der Waals surface area (Å²) in [6, 6.07) is 6.34. The van der Waals surface area contributed by atoms with Gasteiger partial charge in [0, 0.05) is 19.6 Å². The first-order valence-electron chi connectivity index (χ1n) is 6.97. The molecule has 2 nitrogen and oxygen atoms in total. The first kappa shape index (κ1) is 16.5. The third-order valence-electron chi connectivity index (χ3n) is 2.87. The summed E-state index contributed by atoms with van der Waals surface area (Å²) in [7, 11) is 1.70. The molecule has 1 aromatic carbocycles. The topological polar surface area (TPSA) is 12.5 Å². The molecule has 3 heteroatoms. The minimum Gasteiger partial charge on any atom is -0.496 e. The zero-order chi connectivity index (χ0) is 14.4. The first-order chi connectivity index (χ1) is 8.92. The highest BCUT2D eigenvalue weighted by atomic mass is 79.9. The maximum atomic E-state index is 5.27. The average Bonchev–Trinajstić information content (AvgIpc) is 2.27. The Kier molecular flexibility index (Phi) is 6.87. The highest BCUT2D eigenvalue weighted by Gasteiger charge is 2.11.